The Morgan fingerprint density at radius 1 is 1.14 bits per heavy atom. The van der Waals surface area contributed by atoms with Crippen LogP contribution in [0.15, 0.2) is 66.7 Å². The molecule has 3 amide bonds. The quantitative estimate of drug-likeness (QED) is 0.279. The molecule has 1 unspecified atom stereocenters. The SMILES string of the molecule is Cc1ccc(CN(C(=O)c2ccc(Cl)c([N+](=O)[O-])c2)C2CC(=O)N(c3ccc(C#N)cc3)C2=O)cc1. The maximum atomic E-state index is 13.6. The van der Waals surface area contributed by atoms with Gasteiger partial charge in [-0.1, -0.05) is 41.4 Å². The number of imide groups is 1. The molecule has 1 aliphatic rings. The number of nitriles is 1. The Balaban J connectivity index is 1.72. The highest BCUT2D eigenvalue weighted by atomic mass is 35.5. The number of halogens is 1. The van der Waals surface area contributed by atoms with E-state index in [1.807, 2.05) is 25.1 Å². The summed E-state index contributed by atoms with van der Waals surface area (Å²) < 4.78 is 0. The first kappa shape index (κ1) is 24.6. The number of anilines is 1. The number of amides is 3. The monoisotopic (exact) mass is 502 g/mol. The predicted molar refractivity (Wildman–Crippen MR) is 131 cm³/mol. The van der Waals surface area contributed by atoms with Crippen LogP contribution in [0, 0.1) is 28.4 Å². The molecule has 0 aromatic heterocycles. The van der Waals surface area contributed by atoms with E-state index in [4.69, 9.17) is 16.9 Å². The van der Waals surface area contributed by atoms with Gasteiger partial charge in [-0.3, -0.25) is 24.5 Å². The van der Waals surface area contributed by atoms with Crippen LogP contribution in [-0.4, -0.2) is 33.6 Å². The molecule has 36 heavy (non-hydrogen) atoms. The molecule has 0 aliphatic carbocycles. The zero-order valence-electron chi connectivity index (χ0n) is 19.1. The molecule has 0 bridgehead atoms. The third-order valence-corrected chi connectivity index (χ3v) is 6.20. The minimum absolute atomic E-state index is 0.000431. The van der Waals surface area contributed by atoms with Gasteiger partial charge in [0.2, 0.25) is 5.91 Å². The Morgan fingerprint density at radius 2 is 1.81 bits per heavy atom. The molecular formula is C26H19ClN4O5. The molecule has 1 heterocycles. The van der Waals surface area contributed by atoms with Crippen molar-refractivity contribution in [2.75, 3.05) is 4.90 Å². The van der Waals surface area contributed by atoms with Crippen LogP contribution in [0.3, 0.4) is 0 Å². The first-order valence-electron chi connectivity index (χ1n) is 10.9. The van der Waals surface area contributed by atoms with E-state index >= 15 is 0 Å². The summed E-state index contributed by atoms with van der Waals surface area (Å²) in [4.78, 5) is 52.8. The second-order valence-electron chi connectivity index (χ2n) is 8.29. The van der Waals surface area contributed by atoms with Crippen molar-refractivity contribution in [3.63, 3.8) is 0 Å². The van der Waals surface area contributed by atoms with Crippen molar-refractivity contribution in [1.29, 1.82) is 5.26 Å². The van der Waals surface area contributed by atoms with Crippen molar-refractivity contribution < 1.29 is 19.3 Å². The average Bonchev–Trinajstić information content (AvgIpc) is 3.16. The van der Waals surface area contributed by atoms with Crippen LogP contribution in [0.5, 0.6) is 0 Å². The fourth-order valence-electron chi connectivity index (χ4n) is 3.98. The van der Waals surface area contributed by atoms with Gasteiger partial charge in [-0.25, -0.2) is 4.90 Å². The van der Waals surface area contributed by atoms with Gasteiger partial charge in [-0.05, 0) is 48.9 Å². The Kier molecular flexibility index (Phi) is 6.81. The lowest BCUT2D eigenvalue weighted by Gasteiger charge is -2.28. The van der Waals surface area contributed by atoms with Crippen molar-refractivity contribution in [3.05, 3.63) is 104 Å². The van der Waals surface area contributed by atoms with E-state index in [9.17, 15) is 24.5 Å². The number of nitro groups is 1. The molecule has 4 rings (SSSR count). The third-order valence-electron chi connectivity index (χ3n) is 5.88. The van der Waals surface area contributed by atoms with Crippen LogP contribution in [0.25, 0.3) is 0 Å². The van der Waals surface area contributed by atoms with Crippen molar-refractivity contribution in [2.24, 2.45) is 0 Å². The second-order valence-corrected chi connectivity index (χ2v) is 8.70. The van der Waals surface area contributed by atoms with Crippen molar-refractivity contribution in [3.8, 4) is 6.07 Å². The van der Waals surface area contributed by atoms with Gasteiger partial charge in [0.25, 0.3) is 17.5 Å². The number of carbonyl (C=O) groups excluding carboxylic acids is 3. The lowest BCUT2D eigenvalue weighted by Crippen LogP contribution is -2.45. The van der Waals surface area contributed by atoms with Crippen LogP contribution < -0.4 is 4.90 Å². The van der Waals surface area contributed by atoms with Crippen LogP contribution in [0.1, 0.15) is 33.5 Å². The largest absolute Gasteiger partial charge is 0.322 e. The average molecular weight is 503 g/mol. The Labute approximate surface area is 211 Å². The van der Waals surface area contributed by atoms with Gasteiger partial charge in [0, 0.05) is 18.2 Å². The first-order chi connectivity index (χ1) is 17.2. The molecular weight excluding hydrogens is 484 g/mol. The summed E-state index contributed by atoms with van der Waals surface area (Å²) in [6.07, 6.45) is -0.258. The van der Waals surface area contributed by atoms with Gasteiger partial charge in [-0.15, -0.1) is 0 Å². The molecule has 1 fully saturated rings. The topological polar surface area (TPSA) is 125 Å². The maximum Gasteiger partial charge on any atom is 0.288 e. The number of rotatable bonds is 6. The maximum absolute atomic E-state index is 13.6. The van der Waals surface area contributed by atoms with Gasteiger partial charge < -0.3 is 4.90 Å². The normalized spacial score (nSPS) is 15.0. The summed E-state index contributed by atoms with van der Waals surface area (Å²) >= 11 is 5.91. The summed E-state index contributed by atoms with van der Waals surface area (Å²) in [5, 5.41) is 20.3. The number of aryl methyl sites for hydroxylation is 1. The lowest BCUT2D eigenvalue weighted by atomic mass is 10.1. The first-order valence-corrected chi connectivity index (χ1v) is 11.2. The van der Waals surface area contributed by atoms with Gasteiger partial charge >= 0.3 is 0 Å². The molecule has 180 valence electrons. The zero-order chi connectivity index (χ0) is 26.0. The molecule has 0 spiro atoms. The van der Waals surface area contributed by atoms with E-state index in [2.05, 4.69) is 0 Å². The molecule has 1 aliphatic heterocycles. The Bertz CT molecular complexity index is 1410. The van der Waals surface area contributed by atoms with Crippen LogP contribution in [0.2, 0.25) is 5.02 Å². The molecule has 0 radical (unpaired) electrons. The summed E-state index contributed by atoms with van der Waals surface area (Å²) in [6, 6.07) is 17.8. The van der Waals surface area contributed by atoms with E-state index < -0.39 is 34.4 Å². The number of hydrogen-bond acceptors (Lipinski definition) is 6. The van der Waals surface area contributed by atoms with Crippen LogP contribution >= 0.6 is 11.6 Å². The van der Waals surface area contributed by atoms with E-state index in [1.165, 1.54) is 41.3 Å². The lowest BCUT2D eigenvalue weighted by molar-refractivity contribution is -0.384. The molecule has 3 aromatic carbocycles. The Hall–Kier alpha value is -4.55. The number of nitrogens with zero attached hydrogens (tertiary/aromatic N) is 4. The highest BCUT2D eigenvalue weighted by Crippen LogP contribution is 2.30. The number of nitro benzene ring substituents is 1. The van der Waals surface area contributed by atoms with E-state index in [1.54, 1.807) is 12.1 Å². The highest BCUT2D eigenvalue weighted by molar-refractivity contribution is 6.32. The summed E-state index contributed by atoms with van der Waals surface area (Å²) in [7, 11) is 0. The van der Waals surface area contributed by atoms with Crippen molar-refractivity contribution in [1.82, 2.24) is 4.90 Å². The summed E-state index contributed by atoms with van der Waals surface area (Å²) in [6.45, 7) is 1.91. The second kappa shape index (κ2) is 9.98. The van der Waals surface area contributed by atoms with Gasteiger partial charge in [0.15, 0.2) is 0 Å². The minimum atomic E-state index is -1.13. The van der Waals surface area contributed by atoms with E-state index in [0.717, 1.165) is 22.1 Å². The van der Waals surface area contributed by atoms with E-state index in [-0.39, 0.29) is 29.2 Å². The summed E-state index contributed by atoms with van der Waals surface area (Å²) in [5.74, 6) is -1.75. The van der Waals surface area contributed by atoms with E-state index in [0.29, 0.717) is 5.56 Å². The third kappa shape index (κ3) is 4.80. The zero-order valence-corrected chi connectivity index (χ0v) is 19.8. The fraction of sp³-hybridized carbons (Fsp3) is 0.154. The van der Waals surface area contributed by atoms with Gasteiger partial charge in [-0.2, -0.15) is 5.26 Å². The minimum Gasteiger partial charge on any atom is -0.322 e. The standard InChI is InChI=1S/C26H19ClN4O5/c1-16-2-4-18(5-3-16)15-29(25(33)19-8-11-21(27)22(12-19)31(35)36)23-13-24(32)30(26(23)34)20-9-6-17(14-28)7-10-20/h2-12,23H,13,15H2,1H3. The van der Waals surface area contributed by atoms with Crippen molar-refractivity contribution in [2.45, 2.75) is 25.9 Å². The van der Waals surface area contributed by atoms with Crippen molar-refractivity contribution >= 4 is 40.7 Å². The molecule has 0 saturated carbocycles. The van der Waals surface area contributed by atoms with Gasteiger partial charge in [0.1, 0.15) is 11.1 Å². The molecule has 3 aromatic rings. The fourth-order valence-corrected chi connectivity index (χ4v) is 4.17. The molecule has 0 N–H and O–H groups in total. The predicted octanol–water partition coefficient (Wildman–Crippen LogP) is 4.40. The summed E-state index contributed by atoms with van der Waals surface area (Å²) in [5.41, 5.74) is 1.91. The number of benzene rings is 3. The number of hydrogen-bond donors (Lipinski definition) is 0. The van der Waals surface area contributed by atoms with Crippen LogP contribution in [-0.2, 0) is 16.1 Å². The Morgan fingerprint density at radius 3 is 2.42 bits per heavy atom. The molecule has 9 nitrogen and oxygen atoms in total. The highest BCUT2D eigenvalue weighted by Gasteiger charge is 2.44. The molecule has 1 atom stereocenters. The molecule has 1 saturated heterocycles. The van der Waals surface area contributed by atoms with Crippen LogP contribution in [0.4, 0.5) is 11.4 Å². The smallest absolute Gasteiger partial charge is 0.288 e. The molecule has 10 heteroatoms. The number of carbonyl (C=O) groups is 3. The van der Waals surface area contributed by atoms with Gasteiger partial charge in [0.05, 0.1) is 28.7 Å².